The minimum Gasteiger partial charge on any atom is -0.518 e. The molecule has 4 nitrogen and oxygen atoms in total. The van der Waals surface area contributed by atoms with Gasteiger partial charge in [-0.15, -0.1) is 0 Å². The number of nitrogens with one attached hydrogen (secondary N) is 1. The molecule has 17 heavy (non-hydrogen) atoms. The van der Waals surface area contributed by atoms with Gasteiger partial charge in [-0.05, 0) is 19.6 Å². The van der Waals surface area contributed by atoms with Gasteiger partial charge in [-0.3, -0.25) is 0 Å². The molecule has 0 aliphatic heterocycles. The molecule has 0 fully saturated rings. The standard InChI is InChI=1S/C10H20FN3OSi2/c1-16(2,3)14-9-8(11)7-12-10(13-9)15-17(4,5)6/h7H,1-6H3,(H,12,13,14). The molecule has 0 saturated heterocycles. The van der Waals surface area contributed by atoms with Gasteiger partial charge in [0, 0.05) is 0 Å². The molecular formula is C10H20FN3OSi2. The van der Waals surface area contributed by atoms with Gasteiger partial charge < -0.3 is 9.41 Å². The third-order valence-electron chi connectivity index (χ3n) is 1.61. The Labute approximate surface area is 104 Å². The average molecular weight is 273 g/mol. The summed E-state index contributed by atoms with van der Waals surface area (Å²) in [5.74, 6) is -0.192. The van der Waals surface area contributed by atoms with Gasteiger partial charge in [-0.2, -0.15) is 4.98 Å². The van der Waals surface area contributed by atoms with Crippen LogP contribution in [0, 0.1) is 5.82 Å². The normalized spacial score (nSPS) is 12.4. The summed E-state index contributed by atoms with van der Waals surface area (Å²) in [4.78, 5) is 11.1. The number of hydrogen-bond acceptors (Lipinski definition) is 4. The summed E-state index contributed by atoms with van der Waals surface area (Å²) < 4.78 is 19.2. The zero-order valence-electron chi connectivity index (χ0n) is 11.3. The fourth-order valence-corrected chi connectivity index (χ4v) is 2.65. The molecule has 0 aliphatic carbocycles. The summed E-state index contributed by atoms with van der Waals surface area (Å²) in [6, 6.07) is 0.256. The number of rotatable bonds is 4. The van der Waals surface area contributed by atoms with Crippen LogP contribution < -0.4 is 9.41 Å². The van der Waals surface area contributed by atoms with E-state index in [0.717, 1.165) is 6.20 Å². The highest BCUT2D eigenvalue weighted by Crippen LogP contribution is 2.18. The molecule has 0 aromatic carbocycles. The summed E-state index contributed by atoms with van der Waals surface area (Å²) >= 11 is 0. The zero-order chi connectivity index (χ0) is 13.3. The highest BCUT2D eigenvalue weighted by atomic mass is 28.4. The van der Waals surface area contributed by atoms with Crippen LogP contribution in [0.3, 0.4) is 0 Å². The first kappa shape index (κ1) is 14.1. The number of hydrogen-bond donors (Lipinski definition) is 1. The molecule has 0 atom stereocenters. The second-order valence-electron chi connectivity index (χ2n) is 5.94. The Balaban J connectivity index is 2.95. The first-order valence-electron chi connectivity index (χ1n) is 5.56. The average Bonchev–Trinajstić information content (AvgIpc) is 2.05. The molecule has 0 amide bonds. The number of aromatic nitrogens is 2. The van der Waals surface area contributed by atoms with E-state index in [2.05, 4.69) is 34.6 Å². The van der Waals surface area contributed by atoms with E-state index in [1.54, 1.807) is 0 Å². The Morgan fingerprint density at radius 2 is 1.76 bits per heavy atom. The second kappa shape index (κ2) is 4.73. The highest BCUT2D eigenvalue weighted by molar-refractivity contribution is 6.79. The molecular weight excluding hydrogens is 253 g/mol. The van der Waals surface area contributed by atoms with Crippen LogP contribution >= 0.6 is 0 Å². The molecule has 96 valence electrons. The van der Waals surface area contributed by atoms with E-state index in [9.17, 15) is 4.39 Å². The molecule has 1 aromatic rings. The molecule has 0 aliphatic rings. The summed E-state index contributed by atoms with van der Waals surface area (Å²) in [6.07, 6.45) is 1.16. The predicted octanol–water partition coefficient (Wildman–Crippen LogP) is 3.08. The Morgan fingerprint density at radius 3 is 2.24 bits per heavy atom. The predicted molar refractivity (Wildman–Crippen MR) is 72.9 cm³/mol. The van der Waals surface area contributed by atoms with Crippen LogP contribution in [0.4, 0.5) is 10.2 Å². The van der Waals surface area contributed by atoms with E-state index in [1.165, 1.54) is 0 Å². The van der Waals surface area contributed by atoms with Gasteiger partial charge in [0.15, 0.2) is 11.6 Å². The van der Waals surface area contributed by atoms with Crippen molar-refractivity contribution in [1.82, 2.24) is 9.97 Å². The van der Waals surface area contributed by atoms with Gasteiger partial charge in [-0.25, -0.2) is 9.37 Å². The van der Waals surface area contributed by atoms with Crippen LogP contribution in [-0.4, -0.2) is 26.5 Å². The Morgan fingerprint density at radius 1 is 1.18 bits per heavy atom. The smallest absolute Gasteiger partial charge is 0.304 e. The number of nitrogens with zero attached hydrogens (tertiary/aromatic N) is 2. The molecule has 0 saturated carbocycles. The SMILES string of the molecule is C[Si](C)(C)Nc1nc(O[Si](C)(C)C)ncc1F. The minimum atomic E-state index is -1.76. The van der Waals surface area contributed by atoms with Crippen molar-refractivity contribution in [2.24, 2.45) is 0 Å². The van der Waals surface area contributed by atoms with Crippen LogP contribution in [0.5, 0.6) is 6.01 Å². The third kappa shape index (κ3) is 5.27. The van der Waals surface area contributed by atoms with Crippen molar-refractivity contribution in [3.8, 4) is 6.01 Å². The zero-order valence-corrected chi connectivity index (χ0v) is 13.3. The molecule has 1 heterocycles. The van der Waals surface area contributed by atoms with Gasteiger partial charge in [0.05, 0.1) is 6.20 Å². The van der Waals surface area contributed by atoms with Crippen molar-refractivity contribution < 1.29 is 8.82 Å². The van der Waals surface area contributed by atoms with E-state index in [4.69, 9.17) is 4.43 Å². The van der Waals surface area contributed by atoms with Crippen molar-refractivity contribution in [2.45, 2.75) is 39.3 Å². The summed E-state index contributed by atoms with van der Waals surface area (Å²) in [5.41, 5.74) is 0. The molecule has 1 N–H and O–H groups in total. The summed E-state index contributed by atoms with van der Waals surface area (Å²) in [5, 5.41) is 0. The second-order valence-corrected chi connectivity index (χ2v) is 15.1. The van der Waals surface area contributed by atoms with Crippen molar-refractivity contribution in [3.63, 3.8) is 0 Å². The van der Waals surface area contributed by atoms with E-state index in [1.807, 2.05) is 19.6 Å². The van der Waals surface area contributed by atoms with Gasteiger partial charge >= 0.3 is 6.01 Å². The van der Waals surface area contributed by atoms with E-state index in [-0.39, 0.29) is 11.8 Å². The van der Waals surface area contributed by atoms with Crippen molar-refractivity contribution in [1.29, 1.82) is 0 Å². The van der Waals surface area contributed by atoms with Crippen molar-refractivity contribution in [3.05, 3.63) is 12.0 Å². The maximum absolute atomic E-state index is 13.5. The van der Waals surface area contributed by atoms with Crippen molar-refractivity contribution in [2.75, 3.05) is 4.98 Å². The molecule has 1 rings (SSSR count). The van der Waals surface area contributed by atoms with Crippen LogP contribution in [0.15, 0.2) is 6.20 Å². The van der Waals surface area contributed by atoms with Gasteiger partial charge in [0.1, 0.15) is 8.24 Å². The van der Waals surface area contributed by atoms with Gasteiger partial charge in [-0.1, -0.05) is 19.6 Å². The molecule has 0 unspecified atom stereocenters. The first-order valence-corrected chi connectivity index (χ1v) is 12.5. The monoisotopic (exact) mass is 273 g/mol. The van der Waals surface area contributed by atoms with Crippen LogP contribution in [0.2, 0.25) is 39.3 Å². The quantitative estimate of drug-likeness (QED) is 0.856. The first-order chi connectivity index (χ1) is 7.57. The number of anilines is 1. The topological polar surface area (TPSA) is 47.0 Å². The molecule has 0 spiro atoms. The lowest BCUT2D eigenvalue weighted by Crippen LogP contribution is -2.34. The van der Waals surface area contributed by atoms with E-state index in [0.29, 0.717) is 0 Å². The lowest BCUT2D eigenvalue weighted by molar-refractivity contribution is 0.500. The fourth-order valence-electron chi connectivity index (χ4n) is 1.12. The van der Waals surface area contributed by atoms with Gasteiger partial charge in [0.2, 0.25) is 8.32 Å². The van der Waals surface area contributed by atoms with Crippen molar-refractivity contribution >= 4 is 22.4 Å². The maximum atomic E-state index is 13.5. The maximum Gasteiger partial charge on any atom is 0.304 e. The molecule has 0 bridgehead atoms. The Bertz CT molecular complexity index is 402. The van der Waals surface area contributed by atoms with Crippen LogP contribution in [0.1, 0.15) is 0 Å². The van der Waals surface area contributed by atoms with Crippen LogP contribution in [-0.2, 0) is 0 Å². The third-order valence-corrected chi connectivity index (χ3v) is 3.39. The van der Waals surface area contributed by atoms with Gasteiger partial charge in [0.25, 0.3) is 0 Å². The molecule has 1 aromatic heterocycles. The Hall–Kier alpha value is -0.956. The van der Waals surface area contributed by atoms with E-state index >= 15 is 0 Å². The molecule has 0 radical (unpaired) electrons. The fraction of sp³-hybridized carbons (Fsp3) is 0.600. The van der Waals surface area contributed by atoms with Crippen LogP contribution in [0.25, 0.3) is 0 Å². The highest BCUT2D eigenvalue weighted by Gasteiger charge is 2.21. The lowest BCUT2D eigenvalue weighted by Gasteiger charge is -2.21. The molecule has 7 heteroatoms. The Kier molecular flexibility index (Phi) is 3.93. The summed E-state index contributed by atoms with van der Waals surface area (Å²) in [7, 11) is -3.40. The lowest BCUT2D eigenvalue weighted by atomic mass is 10.6. The van der Waals surface area contributed by atoms with E-state index < -0.39 is 22.4 Å². The largest absolute Gasteiger partial charge is 0.518 e. The summed E-state index contributed by atoms with van der Waals surface area (Å²) in [6.45, 7) is 12.3. The minimum absolute atomic E-state index is 0.243. The number of halogens is 1.